The summed E-state index contributed by atoms with van der Waals surface area (Å²) in [5, 5.41) is 3.91. The second kappa shape index (κ2) is 10.7. The van der Waals surface area contributed by atoms with Gasteiger partial charge in [0, 0.05) is 19.8 Å². The van der Waals surface area contributed by atoms with Crippen LogP contribution in [0.3, 0.4) is 0 Å². The molecule has 0 spiro atoms. The van der Waals surface area contributed by atoms with Crippen LogP contribution >= 0.6 is 0 Å². The fraction of sp³-hybridized carbons (Fsp3) is 0.286. The molecule has 7 nitrogen and oxygen atoms in total. The number of carbonyl (C=O) groups is 2. The van der Waals surface area contributed by atoms with E-state index in [1.165, 1.54) is 0 Å². The Morgan fingerprint density at radius 3 is 2.36 bits per heavy atom. The minimum Gasteiger partial charge on any atom is -0.484 e. The SMILES string of the molecule is CCCOC(=O)c1ccc(OCC(=O)N/N=C/c2ccc(N(C)C)cc2)cc1. The van der Waals surface area contributed by atoms with Crippen molar-refractivity contribution in [3.05, 3.63) is 59.7 Å². The third kappa shape index (κ3) is 6.75. The van der Waals surface area contributed by atoms with Gasteiger partial charge in [-0.3, -0.25) is 4.79 Å². The van der Waals surface area contributed by atoms with Gasteiger partial charge >= 0.3 is 5.97 Å². The standard InChI is InChI=1S/C21H25N3O4/c1-4-13-27-21(26)17-7-11-19(12-8-17)28-15-20(25)23-22-14-16-5-9-18(10-6-16)24(2)3/h5-12,14H,4,13,15H2,1-3H3,(H,23,25)/b22-14+. The molecule has 1 amide bonds. The molecule has 7 heteroatoms. The summed E-state index contributed by atoms with van der Waals surface area (Å²) in [6, 6.07) is 14.2. The lowest BCUT2D eigenvalue weighted by molar-refractivity contribution is -0.123. The van der Waals surface area contributed by atoms with Crippen LogP contribution in [0.1, 0.15) is 29.3 Å². The van der Waals surface area contributed by atoms with Crippen LogP contribution in [0.15, 0.2) is 53.6 Å². The van der Waals surface area contributed by atoms with Crippen molar-refractivity contribution in [2.45, 2.75) is 13.3 Å². The highest BCUT2D eigenvalue weighted by Gasteiger charge is 2.07. The van der Waals surface area contributed by atoms with Crippen LogP contribution in [0.25, 0.3) is 0 Å². The van der Waals surface area contributed by atoms with Crippen LogP contribution in [0.5, 0.6) is 5.75 Å². The summed E-state index contributed by atoms with van der Waals surface area (Å²) in [4.78, 5) is 25.5. The van der Waals surface area contributed by atoms with E-state index in [0.29, 0.717) is 17.9 Å². The van der Waals surface area contributed by atoms with E-state index in [2.05, 4.69) is 10.5 Å². The Hall–Kier alpha value is -3.35. The van der Waals surface area contributed by atoms with E-state index in [1.54, 1.807) is 30.5 Å². The minimum absolute atomic E-state index is 0.184. The number of carbonyl (C=O) groups excluding carboxylic acids is 2. The molecule has 2 aromatic rings. The Morgan fingerprint density at radius 1 is 1.07 bits per heavy atom. The number of amides is 1. The summed E-state index contributed by atoms with van der Waals surface area (Å²) in [5.41, 5.74) is 4.81. The van der Waals surface area contributed by atoms with Crippen LogP contribution in [-0.4, -0.2) is 45.4 Å². The van der Waals surface area contributed by atoms with Crippen LogP contribution in [0.4, 0.5) is 5.69 Å². The third-order valence-electron chi connectivity index (χ3n) is 3.71. The zero-order chi connectivity index (χ0) is 20.4. The van der Waals surface area contributed by atoms with Crippen LogP contribution in [0.2, 0.25) is 0 Å². The van der Waals surface area contributed by atoms with Crippen molar-refractivity contribution in [3.8, 4) is 5.75 Å². The average molecular weight is 383 g/mol. The average Bonchev–Trinajstić information content (AvgIpc) is 2.71. The maximum absolute atomic E-state index is 11.8. The molecule has 0 radical (unpaired) electrons. The molecule has 0 saturated carbocycles. The lowest BCUT2D eigenvalue weighted by Crippen LogP contribution is -2.24. The Balaban J connectivity index is 1.76. The summed E-state index contributed by atoms with van der Waals surface area (Å²) in [6.45, 7) is 2.13. The molecular formula is C21H25N3O4. The molecule has 2 aromatic carbocycles. The van der Waals surface area contributed by atoms with Gasteiger partial charge in [-0.15, -0.1) is 0 Å². The van der Waals surface area contributed by atoms with Gasteiger partial charge in [-0.25, -0.2) is 10.2 Å². The molecular weight excluding hydrogens is 358 g/mol. The Bertz CT molecular complexity index is 799. The number of esters is 1. The van der Waals surface area contributed by atoms with E-state index in [4.69, 9.17) is 9.47 Å². The zero-order valence-corrected chi connectivity index (χ0v) is 16.3. The summed E-state index contributed by atoms with van der Waals surface area (Å²) >= 11 is 0. The second-order valence-electron chi connectivity index (χ2n) is 6.23. The summed E-state index contributed by atoms with van der Waals surface area (Å²) in [6.07, 6.45) is 2.33. The molecule has 28 heavy (non-hydrogen) atoms. The Morgan fingerprint density at radius 2 is 1.75 bits per heavy atom. The second-order valence-corrected chi connectivity index (χ2v) is 6.23. The number of hydrazone groups is 1. The molecule has 2 rings (SSSR count). The first-order valence-corrected chi connectivity index (χ1v) is 8.99. The summed E-state index contributed by atoms with van der Waals surface area (Å²) in [5.74, 6) is -0.280. The van der Waals surface area contributed by atoms with Crippen LogP contribution in [0, 0.1) is 0 Å². The molecule has 0 fully saturated rings. The van der Waals surface area contributed by atoms with E-state index in [-0.39, 0.29) is 18.5 Å². The van der Waals surface area contributed by atoms with Crippen molar-refractivity contribution in [1.29, 1.82) is 0 Å². The maximum atomic E-state index is 11.8. The number of hydrogen-bond acceptors (Lipinski definition) is 6. The van der Waals surface area contributed by atoms with Gasteiger partial charge in [0.15, 0.2) is 6.61 Å². The fourth-order valence-electron chi connectivity index (χ4n) is 2.18. The van der Waals surface area contributed by atoms with Gasteiger partial charge in [0.25, 0.3) is 5.91 Å². The number of rotatable bonds is 9. The van der Waals surface area contributed by atoms with Crippen LogP contribution in [-0.2, 0) is 9.53 Å². The third-order valence-corrected chi connectivity index (χ3v) is 3.71. The first kappa shape index (κ1) is 21.0. The van der Waals surface area contributed by atoms with Gasteiger partial charge in [0.05, 0.1) is 18.4 Å². The minimum atomic E-state index is -0.382. The Labute approximate surface area is 164 Å². The first-order valence-electron chi connectivity index (χ1n) is 8.99. The largest absolute Gasteiger partial charge is 0.484 e. The smallest absolute Gasteiger partial charge is 0.338 e. The van der Waals surface area contributed by atoms with E-state index in [9.17, 15) is 9.59 Å². The van der Waals surface area contributed by atoms with Gasteiger partial charge < -0.3 is 14.4 Å². The van der Waals surface area contributed by atoms with Crippen molar-refractivity contribution in [2.24, 2.45) is 5.10 Å². The lowest BCUT2D eigenvalue weighted by Gasteiger charge is -2.11. The number of ether oxygens (including phenoxy) is 2. The van der Waals surface area contributed by atoms with Crippen molar-refractivity contribution in [1.82, 2.24) is 5.43 Å². The van der Waals surface area contributed by atoms with E-state index in [1.807, 2.05) is 50.2 Å². The van der Waals surface area contributed by atoms with E-state index < -0.39 is 0 Å². The van der Waals surface area contributed by atoms with Crippen molar-refractivity contribution >= 4 is 23.8 Å². The quantitative estimate of drug-likeness (QED) is 0.409. The van der Waals surface area contributed by atoms with Crippen LogP contribution < -0.4 is 15.1 Å². The van der Waals surface area contributed by atoms with Gasteiger partial charge in [-0.1, -0.05) is 19.1 Å². The number of anilines is 1. The van der Waals surface area contributed by atoms with Gasteiger partial charge in [-0.2, -0.15) is 5.10 Å². The highest BCUT2D eigenvalue weighted by atomic mass is 16.5. The number of benzene rings is 2. The molecule has 0 aromatic heterocycles. The molecule has 0 aliphatic heterocycles. The summed E-state index contributed by atoms with van der Waals surface area (Å²) in [7, 11) is 3.93. The predicted molar refractivity (Wildman–Crippen MR) is 109 cm³/mol. The van der Waals surface area contributed by atoms with E-state index >= 15 is 0 Å². The predicted octanol–water partition coefficient (Wildman–Crippen LogP) is 2.85. The van der Waals surface area contributed by atoms with Gasteiger partial charge in [0.1, 0.15) is 5.75 Å². The van der Waals surface area contributed by atoms with Crippen molar-refractivity contribution < 1.29 is 19.1 Å². The van der Waals surface area contributed by atoms with Crippen molar-refractivity contribution in [2.75, 3.05) is 32.2 Å². The highest BCUT2D eigenvalue weighted by molar-refractivity contribution is 5.89. The topological polar surface area (TPSA) is 80.2 Å². The lowest BCUT2D eigenvalue weighted by atomic mass is 10.2. The number of nitrogens with one attached hydrogen (secondary N) is 1. The molecule has 148 valence electrons. The summed E-state index contributed by atoms with van der Waals surface area (Å²) < 4.78 is 10.4. The molecule has 1 N–H and O–H groups in total. The molecule has 0 aliphatic carbocycles. The molecule has 0 saturated heterocycles. The zero-order valence-electron chi connectivity index (χ0n) is 16.3. The number of nitrogens with zero attached hydrogens (tertiary/aromatic N) is 2. The molecule has 0 heterocycles. The first-order chi connectivity index (χ1) is 13.5. The Kier molecular flexibility index (Phi) is 8.02. The fourth-order valence-corrected chi connectivity index (χ4v) is 2.18. The van der Waals surface area contributed by atoms with Gasteiger partial charge in [0.2, 0.25) is 0 Å². The molecule has 0 atom stereocenters. The van der Waals surface area contributed by atoms with E-state index in [0.717, 1.165) is 17.7 Å². The van der Waals surface area contributed by atoms with Crippen molar-refractivity contribution in [3.63, 3.8) is 0 Å². The highest BCUT2D eigenvalue weighted by Crippen LogP contribution is 2.13. The maximum Gasteiger partial charge on any atom is 0.338 e. The number of hydrogen-bond donors (Lipinski definition) is 1. The normalized spacial score (nSPS) is 10.5. The molecule has 0 unspecified atom stereocenters. The monoisotopic (exact) mass is 383 g/mol. The van der Waals surface area contributed by atoms with Gasteiger partial charge in [-0.05, 0) is 48.4 Å². The molecule has 0 bridgehead atoms. The molecule has 0 aliphatic rings.